The third-order valence-corrected chi connectivity index (χ3v) is 18.1. The average molecular weight is 1540 g/mol. The molecular weight excluding hydrogens is 1440 g/mol. The third kappa shape index (κ3) is 31.7. The molecule has 3 aromatic rings. The summed E-state index contributed by atoms with van der Waals surface area (Å²) in [7, 11) is 0. The third-order valence-electron chi connectivity index (χ3n) is 17.3. The van der Waals surface area contributed by atoms with Gasteiger partial charge in [0.1, 0.15) is 65.9 Å². The number of ketones is 1. The van der Waals surface area contributed by atoms with E-state index in [4.69, 9.17) is 57.6 Å². The van der Waals surface area contributed by atoms with Gasteiger partial charge in [0.2, 0.25) is 65.0 Å². The first-order chi connectivity index (χ1) is 50.3. The number of phenols is 2. The highest BCUT2D eigenvalue weighted by atomic mass is 35.5. The average Bonchev–Trinajstić information content (AvgIpc) is 0.814. The number of guanidine groups is 2. The maximum absolute atomic E-state index is 14.6. The van der Waals surface area contributed by atoms with Crippen molar-refractivity contribution >= 4 is 112 Å². The Balaban J connectivity index is 1.96. The first kappa shape index (κ1) is 90.8. The van der Waals surface area contributed by atoms with Crippen LogP contribution in [0.3, 0.4) is 0 Å². The Morgan fingerprint density at radius 1 is 0.467 bits per heavy atom. The van der Waals surface area contributed by atoms with Crippen LogP contribution in [0.4, 0.5) is 0 Å². The van der Waals surface area contributed by atoms with Crippen LogP contribution in [0.25, 0.3) is 0 Å². The highest BCUT2D eigenvalue weighted by Crippen LogP contribution is 2.29. The Kier molecular flexibility index (Phi) is 38.4. The number of carbonyl (C=O) groups is 13. The number of phenolic OH excluding ortho intramolecular Hbond substituents is 2. The summed E-state index contributed by atoms with van der Waals surface area (Å²) >= 11 is 13.1. The molecule has 3 rings (SSSR count). The van der Waals surface area contributed by atoms with Crippen LogP contribution in [0.2, 0.25) is 10.0 Å². The Morgan fingerprint density at radius 2 is 0.850 bits per heavy atom. The maximum atomic E-state index is 14.6. The van der Waals surface area contributed by atoms with Gasteiger partial charge in [0, 0.05) is 48.6 Å². The normalized spacial score (nSPS) is 14.8. The van der Waals surface area contributed by atoms with Crippen LogP contribution < -0.4 is 87.6 Å². The van der Waals surface area contributed by atoms with Gasteiger partial charge in [0.25, 0.3) is 0 Å². The fourth-order valence-electron chi connectivity index (χ4n) is 10.8. The van der Waals surface area contributed by atoms with Crippen molar-refractivity contribution in [1.29, 1.82) is 0 Å². The number of rotatable bonds is 47. The second-order valence-corrected chi connectivity index (χ2v) is 27.3. The number of nitrogens with two attached hydrogens (primary N) is 6. The number of aliphatic imine (C=N–C) groups is 2. The van der Waals surface area contributed by atoms with Gasteiger partial charge in [-0.3, -0.25) is 67.5 Å². The number of carboxylic acids is 1. The molecule has 35 nitrogen and oxygen atoms in total. The van der Waals surface area contributed by atoms with Gasteiger partial charge in [-0.2, -0.15) is 0 Å². The van der Waals surface area contributed by atoms with Crippen LogP contribution in [0, 0.1) is 17.8 Å². The van der Waals surface area contributed by atoms with Gasteiger partial charge in [-0.25, -0.2) is 4.79 Å². The first-order valence-corrected chi connectivity index (χ1v) is 35.6. The van der Waals surface area contributed by atoms with Gasteiger partial charge < -0.3 is 108 Å². The molecule has 0 aliphatic rings. The quantitative estimate of drug-likeness (QED) is 0.0136. The Bertz CT molecular complexity index is 3630. The van der Waals surface area contributed by atoms with Crippen molar-refractivity contribution in [1.82, 2.24) is 53.2 Å². The van der Waals surface area contributed by atoms with Gasteiger partial charge in [0.05, 0.1) is 23.6 Å². The fourth-order valence-corrected chi connectivity index (χ4v) is 11.5. The molecule has 0 unspecified atom stereocenters. The van der Waals surface area contributed by atoms with E-state index >= 15 is 0 Å². The number of hydrogen-bond donors (Lipinski definition) is 20. The number of aliphatic carboxylic acids is 1. The summed E-state index contributed by atoms with van der Waals surface area (Å²) in [5.74, 6) is -15.4. The lowest BCUT2D eigenvalue weighted by Gasteiger charge is -2.31. The van der Waals surface area contributed by atoms with Crippen molar-refractivity contribution in [3.63, 3.8) is 0 Å². The van der Waals surface area contributed by atoms with Gasteiger partial charge in [-0.05, 0) is 124 Å². The first-order valence-electron chi connectivity index (χ1n) is 34.9. The van der Waals surface area contributed by atoms with Crippen LogP contribution >= 0.6 is 23.2 Å². The van der Waals surface area contributed by atoms with Crippen LogP contribution in [-0.2, 0) is 76.9 Å². The number of carbonyl (C=O) groups excluding carboxylic acids is 12. The minimum Gasteiger partial charge on any atom is -0.508 e. The number of halogens is 2. The lowest BCUT2D eigenvalue weighted by molar-refractivity contribution is -0.142. The number of nitrogens with zero attached hydrogens (tertiary/aromatic N) is 2. The monoisotopic (exact) mass is 1540 g/mol. The predicted molar refractivity (Wildman–Crippen MR) is 398 cm³/mol. The molecule has 0 aromatic heterocycles. The second kappa shape index (κ2) is 45.2. The molecule has 0 saturated carbocycles. The van der Waals surface area contributed by atoms with Crippen LogP contribution in [0.15, 0.2) is 70.6 Å². The number of amides is 11. The van der Waals surface area contributed by atoms with Crippen molar-refractivity contribution in [2.24, 2.45) is 62.1 Å². The summed E-state index contributed by atoms with van der Waals surface area (Å²) < 4.78 is 0. The summed E-state index contributed by atoms with van der Waals surface area (Å²) in [4.78, 5) is 187. The lowest BCUT2D eigenvalue weighted by atomic mass is 9.95. The molecule has 3 aromatic carbocycles. The number of Topliss-reactive ketones (excluding diaryl/α,β-unsaturated/α-hetero) is 1. The van der Waals surface area contributed by atoms with Crippen molar-refractivity contribution < 1.29 is 82.8 Å². The zero-order valence-electron chi connectivity index (χ0n) is 61.2. The Morgan fingerprint density at radius 3 is 1.27 bits per heavy atom. The fraction of sp³-hybridized carbons (Fsp3) is 0.529. The Hall–Kier alpha value is -10.4. The molecule has 0 saturated heterocycles. The largest absolute Gasteiger partial charge is 0.508 e. The summed E-state index contributed by atoms with van der Waals surface area (Å²) in [5.41, 5.74) is 34.6. The molecule has 13 atom stereocenters. The molecule has 0 bridgehead atoms. The van der Waals surface area contributed by atoms with Crippen molar-refractivity contribution in [2.75, 3.05) is 13.1 Å². The summed E-state index contributed by atoms with van der Waals surface area (Å²) in [5, 5.41) is 67.1. The van der Waals surface area contributed by atoms with Crippen molar-refractivity contribution in [2.45, 2.75) is 206 Å². The SMILES string of the molecule is CC[C@H](C)[C@H](NC(=O)[C@H](Cc1ccc(O)cc1)NCc1c(Cl)ccc(C(C)=O)c1Cl)C(=O)N[C@@H](CC(N)=O)C(=O)N[C@@H](CC(C)C)C(=O)N[C@H](C(=O)N[C@@H](C(=O)N[C@@H](CCCN=C(N)N)C(=O)N[C@@H](CCC(N)=O)C(=O)N[C@@H](CCCN=C(N)N)C(=O)N[C@@H](Cc1ccc(O)cc1)C(=O)O)[C@@H](C)O)[C@@H](C)CC. The molecule has 0 aliphatic carbocycles. The number of aliphatic hydroxyl groups excluding tert-OH is 1. The molecule has 0 aliphatic heterocycles. The van der Waals surface area contributed by atoms with Crippen molar-refractivity contribution in [3.8, 4) is 11.5 Å². The zero-order chi connectivity index (χ0) is 80.5. The van der Waals surface area contributed by atoms with Crippen molar-refractivity contribution in [3.05, 3.63) is 93.0 Å². The zero-order valence-corrected chi connectivity index (χ0v) is 62.7. The van der Waals surface area contributed by atoms with E-state index in [-0.39, 0.29) is 122 Å². The summed E-state index contributed by atoms with van der Waals surface area (Å²) in [6, 6.07) is -1.26. The molecule has 0 fully saturated rings. The summed E-state index contributed by atoms with van der Waals surface area (Å²) in [6.45, 7) is 12.2. The maximum Gasteiger partial charge on any atom is 0.326 e. The van der Waals surface area contributed by atoms with E-state index in [1.54, 1.807) is 53.7 Å². The van der Waals surface area contributed by atoms with Crippen LogP contribution in [-0.4, -0.2) is 189 Å². The second-order valence-electron chi connectivity index (χ2n) is 26.5. The van der Waals surface area contributed by atoms with Gasteiger partial charge in [-0.1, -0.05) is 102 Å². The molecule has 0 spiro atoms. The molecule has 0 heterocycles. The van der Waals surface area contributed by atoms with E-state index in [0.29, 0.717) is 23.1 Å². The number of aliphatic hydroxyl groups is 1. The number of primary amides is 2. The minimum atomic E-state index is -1.90. The number of benzene rings is 3. The molecule has 0 radical (unpaired) electrons. The van der Waals surface area contributed by atoms with Gasteiger partial charge in [-0.15, -0.1) is 0 Å². The van der Waals surface area contributed by atoms with Gasteiger partial charge >= 0.3 is 5.97 Å². The van der Waals surface area contributed by atoms with E-state index in [9.17, 15) is 82.8 Å². The molecular formula is C70H104Cl2N18O17. The van der Waals surface area contributed by atoms with E-state index in [1.165, 1.54) is 55.5 Å². The van der Waals surface area contributed by atoms with E-state index in [2.05, 4.69) is 63.2 Å². The smallest absolute Gasteiger partial charge is 0.326 e. The molecule has 590 valence electrons. The molecule has 107 heavy (non-hydrogen) atoms. The highest BCUT2D eigenvalue weighted by Gasteiger charge is 2.39. The standard InChI is InChI=1S/C70H104Cl2N18O17/c1-9-35(5)56(88-62(100)49(30-39-15-19-41(93)20-16-39)81-33-44-45(71)24-23-43(37(7)91)55(44)72)65(103)86-51(32-54(74)96)63(101)85-50(29-34(3)4)64(102)89-57(36(6)10-2)66(104)90-58(38(8)92)67(105)84-47(14-12-28-80-70(77)78)59(97)83-48(25-26-53(73)95)61(99)82-46(13-11-27-79-69(75)76)60(98)87-52(68(106)107)31-40-17-21-42(94)22-18-40/h15-24,34-36,38,46-52,56-58,81,92-94H,9-14,25-33H2,1-8H3,(H2,73,95)(H2,74,96)(H,82,99)(H,83,97)(H,84,105)(H,85,101)(H,86,103)(H,87,98)(H,88,100)(H,89,102)(H,90,104)(H,106,107)(H4,75,76,79)(H4,77,78,80)/t35-,36-,38+,46-,47-,48-,49-,50-,51-,52-,56-,57-,58+/m0/s1. The molecule has 26 N–H and O–H groups in total. The van der Waals surface area contributed by atoms with E-state index in [0.717, 1.165) is 6.92 Å². The number of hydrogen-bond acceptors (Lipinski definition) is 19. The van der Waals surface area contributed by atoms with E-state index < -0.39 is 169 Å². The number of nitrogens with one attached hydrogen (secondary N) is 10. The molecule has 37 heteroatoms. The van der Waals surface area contributed by atoms with E-state index in [1.807, 2.05) is 0 Å². The number of carboxylic acid groups (broad SMARTS) is 1. The topological polar surface area (TPSA) is 604 Å². The van der Waals surface area contributed by atoms with Crippen LogP contribution in [0.1, 0.15) is 147 Å². The summed E-state index contributed by atoms with van der Waals surface area (Å²) in [6.07, 6.45) is -3.96. The number of aromatic hydroxyl groups is 2. The lowest BCUT2D eigenvalue weighted by Crippen LogP contribution is -2.63. The predicted octanol–water partition coefficient (Wildman–Crippen LogP) is -1.23. The highest BCUT2D eigenvalue weighted by molar-refractivity contribution is 6.38. The Labute approximate surface area is 630 Å². The van der Waals surface area contributed by atoms with Crippen LogP contribution in [0.5, 0.6) is 11.5 Å². The minimum absolute atomic E-state index is 0.0164. The van der Waals surface area contributed by atoms with Gasteiger partial charge in [0.15, 0.2) is 17.7 Å². The molecule has 11 amide bonds.